The molecule has 1 N–H and O–H groups in total. The van der Waals surface area contributed by atoms with Crippen LogP contribution in [0, 0.1) is 0 Å². The second-order valence-corrected chi connectivity index (χ2v) is 4.61. The summed E-state index contributed by atoms with van der Waals surface area (Å²) in [5.41, 5.74) is -1.12. The number of halogens is 3. The van der Waals surface area contributed by atoms with Crippen LogP contribution in [0.1, 0.15) is 50.7 Å². The Morgan fingerprint density at radius 2 is 1.28 bits per heavy atom. The summed E-state index contributed by atoms with van der Waals surface area (Å²) in [6.45, 7) is 3.90. The first-order chi connectivity index (χ1) is 8.33. The molecule has 102 valence electrons. The van der Waals surface area contributed by atoms with Crippen LogP contribution < -0.4 is 0 Å². The van der Waals surface area contributed by atoms with E-state index in [1.165, 1.54) is 12.1 Å². The number of hydrogen-bond acceptors (Lipinski definition) is 1. The summed E-state index contributed by atoms with van der Waals surface area (Å²) in [4.78, 5) is 0. The Bertz CT molecular complexity index is 362. The first kappa shape index (κ1) is 15.0. The molecule has 0 atom stereocenters. The molecule has 4 heteroatoms. The van der Waals surface area contributed by atoms with Gasteiger partial charge in [0.25, 0.3) is 0 Å². The van der Waals surface area contributed by atoms with Gasteiger partial charge in [-0.05, 0) is 30.5 Å². The molecule has 0 saturated heterocycles. The fourth-order valence-electron chi connectivity index (χ4n) is 2.21. The van der Waals surface area contributed by atoms with Gasteiger partial charge < -0.3 is 5.11 Å². The monoisotopic (exact) mass is 260 g/mol. The molecule has 1 rings (SSSR count). The molecule has 0 unspecified atom stereocenters. The molecule has 0 spiro atoms. The Hall–Kier alpha value is -1.03. The van der Waals surface area contributed by atoms with Gasteiger partial charge in [-0.15, -0.1) is 0 Å². The van der Waals surface area contributed by atoms with Gasteiger partial charge in [0.1, 0.15) is 0 Å². The van der Waals surface area contributed by atoms with Crippen LogP contribution in [0.2, 0.25) is 0 Å². The van der Waals surface area contributed by atoms with Crippen molar-refractivity contribution in [1.29, 1.82) is 0 Å². The van der Waals surface area contributed by atoms with E-state index >= 15 is 0 Å². The summed E-state index contributed by atoms with van der Waals surface area (Å²) in [6, 6.07) is 4.83. The summed E-state index contributed by atoms with van der Waals surface area (Å²) >= 11 is 0. The number of benzene rings is 1. The Morgan fingerprint density at radius 1 is 0.889 bits per heavy atom. The average molecular weight is 260 g/mol. The zero-order valence-electron chi connectivity index (χ0n) is 10.7. The average Bonchev–Trinajstić information content (AvgIpc) is 2.29. The number of hydrogen-bond donors (Lipinski definition) is 1. The lowest BCUT2D eigenvalue weighted by molar-refractivity contribution is -0.137. The standard InChI is InChI=1S/C14H19F3O/c1-3-9-13(18,10-4-2)11-5-7-12(8-6-11)14(15,16)17/h5-8,18H,3-4,9-10H2,1-2H3. The second kappa shape index (κ2) is 5.74. The maximum Gasteiger partial charge on any atom is 0.416 e. The number of rotatable bonds is 5. The van der Waals surface area contributed by atoms with Gasteiger partial charge in [0.05, 0.1) is 11.2 Å². The van der Waals surface area contributed by atoms with Crippen LogP contribution in [-0.4, -0.2) is 5.11 Å². The fourth-order valence-corrected chi connectivity index (χ4v) is 2.21. The Labute approximate surface area is 106 Å². The van der Waals surface area contributed by atoms with E-state index in [1.54, 1.807) is 0 Å². The van der Waals surface area contributed by atoms with E-state index in [0.717, 1.165) is 25.0 Å². The molecule has 0 aliphatic rings. The molecule has 0 amide bonds. The summed E-state index contributed by atoms with van der Waals surface area (Å²) in [6.07, 6.45) is -1.63. The van der Waals surface area contributed by atoms with Gasteiger partial charge in [0, 0.05) is 0 Å². The van der Waals surface area contributed by atoms with Crippen molar-refractivity contribution in [3.05, 3.63) is 35.4 Å². The lowest BCUT2D eigenvalue weighted by Gasteiger charge is -2.28. The van der Waals surface area contributed by atoms with Crippen LogP contribution in [0.25, 0.3) is 0 Å². The highest BCUT2D eigenvalue weighted by molar-refractivity contribution is 5.28. The molecular weight excluding hydrogens is 241 g/mol. The SMILES string of the molecule is CCCC(O)(CCC)c1ccc(C(F)(F)F)cc1. The smallest absolute Gasteiger partial charge is 0.385 e. The normalized spacial score (nSPS) is 12.8. The highest BCUT2D eigenvalue weighted by Crippen LogP contribution is 2.34. The number of alkyl halides is 3. The molecule has 0 bridgehead atoms. The van der Waals surface area contributed by atoms with Gasteiger partial charge in [-0.3, -0.25) is 0 Å². The van der Waals surface area contributed by atoms with Crippen LogP contribution in [-0.2, 0) is 11.8 Å². The van der Waals surface area contributed by atoms with Crippen LogP contribution in [0.5, 0.6) is 0 Å². The minimum Gasteiger partial charge on any atom is -0.385 e. The van der Waals surface area contributed by atoms with E-state index < -0.39 is 17.3 Å². The molecule has 1 nitrogen and oxygen atoms in total. The van der Waals surface area contributed by atoms with Gasteiger partial charge in [0.15, 0.2) is 0 Å². The van der Waals surface area contributed by atoms with Crippen molar-refractivity contribution in [2.75, 3.05) is 0 Å². The van der Waals surface area contributed by atoms with Crippen molar-refractivity contribution >= 4 is 0 Å². The van der Waals surface area contributed by atoms with Gasteiger partial charge >= 0.3 is 6.18 Å². The summed E-state index contributed by atoms with van der Waals surface area (Å²) < 4.78 is 37.3. The van der Waals surface area contributed by atoms with Crippen LogP contribution >= 0.6 is 0 Å². The first-order valence-corrected chi connectivity index (χ1v) is 6.23. The van der Waals surface area contributed by atoms with Crippen LogP contribution in [0.4, 0.5) is 13.2 Å². The van der Waals surface area contributed by atoms with Gasteiger partial charge in [-0.2, -0.15) is 13.2 Å². The van der Waals surface area contributed by atoms with Gasteiger partial charge in [0.2, 0.25) is 0 Å². The molecule has 0 saturated carbocycles. The van der Waals surface area contributed by atoms with Crippen molar-refractivity contribution in [2.45, 2.75) is 51.3 Å². The highest BCUT2D eigenvalue weighted by Gasteiger charge is 2.32. The highest BCUT2D eigenvalue weighted by atomic mass is 19.4. The molecule has 1 aromatic rings. The van der Waals surface area contributed by atoms with E-state index in [0.29, 0.717) is 18.4 Å². The largest absolute Gasteiger partial charge is 0.416 e. The van der Waals surface area contributed by atoms with Crippen molar-refractivity contribution < 1.29 is 18.3 Å². The lowest BCUT2D eigenvalue weighted by Crippen LogP contribution is -2.25. The van der Waals surface area contributed by atoms with E-state index in [9.17, 15) is 18.3 Å². The quantitative estimate of drug-likeness (QED) is 0.826. The second-order valence-electron chi connectivity index (χ2n) is 4.61. The van der Waals surface area contributed by atoms with Gasteiger partial charge in [-0.25, -0.2) is 0 Å². The van der Waals surface area contributed by atoms with Crippen LogP contribution in [0.3, 0.4) is 0 Å². The maximum absolute atomic E-state index is 12.4. The number of aliphatic hydroxyl groups is 1. The van der Waals surface area contributed by atoms with Crippen molar-refractivity contribution in [3.8, 4) is 0 Å². The van der Waals surface area contributed by atoms with Crippen molar-refractivity contribution in [1.82, 2.24) is 0 Å². The third-order valence-corrected chi connectivity index (χ3v) is 3.08. The molecule has 1 aromatic carbocycles. The van der Waals surface area contributed by atoms with Gasteiger partial charge in [-0.1, -0.05) is 38.8 Å². The van der Waals surface area contributed by atoms with E-state index in [1.807, 2.05) is 13.8 Å². The Morgan fingerprint density at radius 3 is 1.61 bits per heavy atom. The van der Waals surface area contributed by atoms with Crippen molar-refractivity contribution in [2.24, 2.45) is 0 Å². The van der Waals surface area contributed by atoms with Crippen LogP contribution in [0.15, 0.2) is 24.3 Å². The van der Waals surface area contributed by atoms with Crippen molar-refractivity contribution in [3.63, 3.8) is 0 Å². The van der Waals surface area contributed by atoms with E-state index in [2.05, 4.69) is 0 Å². The minimum absolute atomic E-state index is 0.562. The van der Waals surface area contributed by atoms with E-state index in [4.69, 9.17) is 0 Å². The summed E-state index contributed by atoms with van der Waals surface area (Å²) in [5.74, 6) is 0. The Kier molecular flexibility index (Phi) is 4.79. The maximum atomic E-state index is 12.4. The molecule has 0 fully saturated rings. The molecule has 0 aliphatic heterocycles. The fraction of sp³-hybridized carbons (Fsp3) is 0.571. The minimum atomic E-state index is -4.33. The zero-order chi connectivity index (χ0) is 13.8. The summed E-state index contributed by atoms with van der Waals surface area (Å²) in [7, 11) is 0. The molecule has 0 aromatic heterocycles. The molecule has 0 heterocycles. The third-order valence-electron chi connectivity index (χ3n) is 3.08. The topological polar surface area (TPSA) is 20.2 Å². The predicted octanol–water partition coefficient (Wildman–Crippen LogP) is 4.49. The molecule has 0 aliphatic carbocycles. The third kappa shape index (κ3) is 3.48. The molecule has 0 radical (unpaired) electrons. The predicted molar refractivity (Wildman–Crippen MR) is 65.2 cm³/mol. The zero-order valence-corrected chi connectivity index (χ0v) is 10.7. The summed E-state index contributed by atoms with van der Waals surface area (Å²) in [5, 5.41) is 10.5. The molecule has 18 heavy (non-hydrogen) atoms. The first-order valence-electron chi connectivity index (χ1n) is 6.23. The Balaban J connectivity index is 3.01. The lowest BCUT2D eigenvalue weighted by atomic mass is 9.85. The molecular formula is C14H19F3O. The van der Waals surface area contributed by atoms with E-state index in [-0.39, 0.29) is 0 Å².